The van der Waals surface area contributed by atoms with Gasteiger partial charge in [0.1, 0.15) is 11.8 Å². The fourth-order valence-corrected chi connectivity index (χ4v) is 4.39. The minimum Gasteiger partial charge on any atom is -0.497 e. The van der Waals surface area contributed by atoms with Gasteiger partial charge in [-0.3, -0.25) is 4.79 Å². The number of hydrogen-bond acceptors (Lipinski definition) is 4. The molecule has 0 radical (unpaired) electrons. The van der Waals surface area contributed by atoms with E-state index in [2.05, 4.69) is 0 Å². The van der Waals surface area contributed by atoms with Crippen LogP contribution in [0, 0.1) is 5.92 Å². The Morgan fingerprint density at radius 1 is 1.33 bits per heavy atom. The summed E-state index contributed by atoms with van der Waals surface area (Å²) in [4.78, 5) is 11.5. The molecule has 1 saturated heterocycles. The summed E-state index contributed by atoms with van der Waals surface area (Å²) >= 11 is 0. The summed E-state index contributed by atoms with van der Waals surface area (Å²) in [5, 5.41) is 9.35. The van der Waals surface area contributed by atoms with E-state index in [0.717, 1.165) is 4.31 Å². The lowest BCUT2D eigenvalue weighted by Gasteiger charge is -2.36. The second-order valence-corrected chi connectivity index (χ2v) is 7.08. The summed E-state index contributed by atoms with van der Waals surface area (Å²) in [5.41, 5.74) is 0. The number of carboxylic acid groups (broad SMARTS) is 1. The van der Waals surface area contributed by atoms with E-state index in [1.807, 2.05) is 0 Å². The van der Waals surface area contributed by atoms with E-state index < -0.39 is 22.0 Å². The third-order valence-corrected chi connectivity index (χ3v) is 5.70. The van der Waals surface area contributed by atoms with Crippen LogP contribution in [-0.2, 0) is 14.8 Å². The molecule has 7 heteroatoms. The Morgan fingerprint density at radius 2 is 1.95 bits per heavy atom. The normalized spacial score (nSPS) is 23.7. The van der Waals surface area contributed by atoms with Crippen LogP contribution in [0.2, 0.25) is 0 Å². The maximum absolute atomic E-state index is 12.7. The van der Waals surface area contributed by atoms with E-state index in [1.54, 1.807) is 19.1 Å². The summed E-state index contributed by atoms with van der Waals surface area (Å²) in [6.45, 7) is 2.00. The number of methoxy groups -OCH3 is 1. The summed E-state index contributed by atoms with van der Waals surface area (Å²) in [7, 11) is -2.32. The topological polar surface area (TPSA) is 83.9 Å². The minimum atomic E-state index is -3.82. The molecule has 1 heterocycles. The highest BCUT2D eigenvalue weighted by molar-refractivity contribution is 7.89. The molecule has 1 aromatic carbocycles. The highest BCUT2D eigenvalue weighted by Crippen LogP contribution is 2.29. The predicted molar refractivity (Wildman–Crippen MR) is 76.7 cm³/mol. The van der Waals surface area contributed by atoms with Crippen molar-refractivity contribution >= 4 is 16.0 Å². The van der Waals surface area contributed by atoms with Crippen LogP contribution in [-0.4, -0.2) is 43.5 Å². The van der Waals surface area contributed by atoms with Gasteiger partial charge in [-0.15, -0.1) is 0 Å². The Morgan fingerprint density at radius 3 is 2.48 bits per heavy atom. The van der Waals surface area contributed by atoms with E-state index in [4.69, 9.17) is 4.74 Å². The fourth-order valence-electron chi connectivity index (χ4n) is 2.67. The molecule has 1 fully saturated rings. The van der Waals surface area contributed by atoms with E-state index >= 15 is 0 Å². The molecule has 0 bridgehead atoms. The molecule has 1 aromatic rings. The number of carboxylic acids is 1. The molecule has 1 N–H and O–H groups in total. The molecule has 116 valence electrons. The quantitative estimate of drug-likeness (QED) is 0.912. The van der Waals surface area contributed by atoms with Crippen LogP contribution in [0.3, 0.4) is 0 Å². The Hall–Kier alpha value is -1.60. The van der Waals surface area contributed by atoms with Crippen molar-refractivity contribution in [2.45, 2.75) is 30.7 Å². The fraction of sp³-hybridized carbons (Fsp3) is 0.500. The van der Waals surface area contributed by atoms with Gasteiger partial charge in [0, 0.05) is 6.54 Å². The van der Waals surface area contributed by atoms with Crippen molar-refractivity contribution in [1.82, 2.24) is 4.31 Å². The van der Waals surface area contributed by atoms with E-state index in [-0.39, 0.29) is 17.4 Å². The van der Waals surface area contributed by atoms with Gasteiger partial charge < -0.3 is 9.84 Å². The predicted octanol–water partition coefficient (Wildman–Crippen LogP) is 1.57. The van der Waals surface area contributed by atoms with E-state index in [1.165, 1.54) is 19.2 Å². The van der Waals surface area contributed by atoms with Crippen molar-refractivity contribution in [2.24, 2.45) is 5.92 Å². The van der Waals surface area contributed by atoms with Crippen LogP contribution >= 0.6 is 0 Å². The zero-order valence-electron chi connectivity index (χ0n) is 12.0. The summed E-state index contributed by atoms with van der Waals surface area (Å²) in [5.74, 6) is -0.751. The molecule has 0 saturated carbocycles. The number of carbonyl (C=O) groups is 1. The van der Waals surface area contributed by atoms with E-state index in [0.29, 0.717) is 18.6 Å². The van der Waals surface area contributed by atoms with Gasteiger partial charge in [-0.1, -0.05) is 6.92 Å². The summed E-state index contributed by atoms with van der Waals surface area (Å²) in [6, 6.07) is 4.97. The van der Waals surface area contributed by atoms with Crippen molar-refractivity contribution in [3.63, 3.8) is 0 Å². The maximum atomic E-state index is 12.7. The first kappa shape index (κ1) is 15.8. The Balaban J connectivity index is 2.38. The molecule has 0 amide bonds. The average molecular weight is 313 g/mol. The van der Waals surface area contributed by atoms with Gasteiger partial charge in [-0.05, 0) is 43.0 Å². The zero-order chi connectivity index (χ0) is 15.6. The lowest BCUT2D eigenvalue weighted by molar-refractivity contribution is -0.144. The third-order valence-electron chi connectivity index (χ3n) is 3.81. The van der Waals surface area contributed by atoms with Crippen molar-refractivity contribution in [3.8, 4) is 5.75 Å². The molecule has 0 aromatic heterocycles. The summed E-state index contributed by atoms with van der Waals surface area (Å²) < 4.78 is 31.4. The van der Waals surface area contributed by atoms with Crippen LogP contribution in [0.25, 0.3) is 0 Å². The third kappa shape index (κ3) is 3.03. The average Bonchev–Trinajstić information content (AvgIpc) is 2.46. The van der Waals surface area contributed by atoms with Gasteiger partial charge in [0.15, 0.2) is 0 Å². The number of nitrogens with zero attached hydrogens (tertiary/aromatic N) is 1. The Bertz CT molecular complexity index is 611. The monoisotopic (exact) mass is 313 g/mol. The Labute approximate surface area is 124 Å². The number of aliphatic carboxylic acids is 1. The second-order valence-electron chi connectivity index (χ2n) is 5.19. The molecule has 1 aliphatic rings. The summed E-state index contributed by atoms with van der Waals surface area (Å²) in [6.07, 6.45) is 1.38. The number of sulfonamides is 1. The molecule has 6 nitrogen and oxygen atoms in total. The molecule has 2 rings (SSSR count). The van der Waals surface area contributed by atoms with Crippen molar-refractivity contribution in [2.75, 3.05) is 13.7 Å². The molecule has 2 unspecified atom stereocenters. The van der Waals surface area contributed by atoms with Crippen molar-refractivity contribution in [3.05, 3.63) is 24.3 Å². The lowest BCUT2D eigenvalue weighted by Crippen LogP contribution is -2.51. The van der Waals surface area contributed by atoms with Crippen LogP contribution < -0.4 is 4.74 Å². The van der Waals surface area contributed by atoms with Gasteiger partial charge >= 0.3 is 5.97 Å². The minimum absolute atomic E-state index is 0.0867. The number of benzene rings is 1. The first-order valence-electron chi connectivity index (χ1n) is 6.76. The smallest absolute Gasteiger partial charge is 0.322 e. The zero-order valence-corrected chi connectivity index (χ0v) is 12.8. The van der Waals surface area contributed by atoms with Crippen LogP contribution in [0.4, 0.5) is 0 Å². The number of piperidine rings is 1. The SMILES string of the molecule is COc1ccc(S(=O)(=O)N2CCCC(C)C2C(=O)O)cc1. The molecule has 21 heavy (non-hydrogen) atoms. The molecule has 0 spiro atoms. The van der Waals surface area contributed by atoms with Gasteiger partial charge in [0.2, 0.25) is 10.0 Å². The molecular weight excluding hydrogens is 294 g/mol. The van der Waals surface area contributed by atoms with Gasteiger partial charge in [0.25, 0.3) is 0 Å². The van der Waals surface area contributed by atoms with Crippen molar-refractivity contribution in [1.29, 1.82) is 0 Å². The maximum Gasteiger partial charge on any atom is 0.322 e. The van der Waals surface area contributed by atoms with Gasteiger partial charge in [-0.2, -0.15) is 4.31 Å². The van der Waals surface area contributed by atoms with Crippen LogP contribution in [0.15, 0.2) is 29.2 Å². The highest BCUT2D eigenvalue weighted by atomic mass is 32.2. The molecule has 1 aliphatic heterocycles. The molecule has 2 atom stereocenters. The first-order chi connectivity index (χ1) is 9.87. The standard InChI is InChI=1S/C14H19NO5S/c1-10-4-3-9-15(13(10)14(16)17)21(18,19)12-7-5-11(20-2)6-8-12/h5-8,10,13H,3-4,9H2,1-2H3,(H,16,17). The number of hydrogen-bond donors (Lipinski definition) is 1. The second kappa shape index (κ2) is 6.03. The van der Waals surface area contributed by atoms with Gasteiger partial charge in [0.05, 0.1) is 12.0 Å². The molecular formula is C14H19NO5S. The van der Waals surface area contributed by atoms with Crippen LogP contribution in [0.1, 0.15) is 19.8 Å². The highest BCUT2D eigenvalue weighted by Gasteiger charge is 2.41. The van der Waals surface area contributed by atoms with E-state index in [9.17, 15) is 18.3 Å². The lowest BCUT2D eigenvalue weighted by atomic mass is 9.93. The number of ether oxygens (including phenoxy) is 1. The van der Waals surface area contributed by atoms with Crippen LogP contribution in [0.5, 0.6) is 5.75 Å². The number of rotatable bonds is 4. The molecule has 0 aliphatic carbocycles. The largest absolute Gasteiger partial charge is 0.497 e. The first-order valence-corrected chi connectivity index (χ1v) is 8.20. The van der Waals surface area contributed by atoms with Crippen molar-refractivity contribution < 1.29 is 23.1 Å². The van der Waals surface area contributed by atoms with Gasteiger partial charge in [-0.25, -0.2) is 8.42 Å². The Kier molecular flexibility index (Phi) is 4.53.